The van der Waals surface area contributed by atoms with Gasteiger partial charge in [-0.15, -0.1) is 0 Å². The number of anilines is 3. The van der Waals surface area contributed by atoms with Crippen molar-refractivity contribution in [2.45, 2.75) is 105 Å². The maximum Gasteiger partial charge on any atom is 0.410 e. The highest BCUT2D eigenvalue weighted by atomic mass is 16.6. The highest BCUT2D eigenvalue weighted by Gasteiger charge is 2.40. The number of hydrogen-bond acceptors (Lipinski definition) is 13. The zero-order chi connectivity index (χ0) is 42.7. The number of hydrazone groups is 2. The van der Waals surface area contributed by atoms with Gasteiger partial charge in [0.1, 0.15) is 48.0 Å². The van der Waals surface area contributed by atoms with Crippen LogP contribution in [0.25, 0.3) is 0 Å². The maximum atomic E-state index is 12.2. The predicted octanol–water partition coefficient (Wildman–Crippen LogP) is 4.52. The van der Waals surface area contributed by atoms with Crippen LogP contribution in [0.15, 0.2) is 34.5 Å². The van der Waals surface area contributed by atoms with Gasteiger partial charge < -0.3 is 43.4 Å². The molecule has 0 aliphatic carbocycles. The van der Waals surface area contributed by atoms with Gasteiger partial charge in [-0.3, -0.25) is 9.59 Å². The van der Waals surface area contributed by atoms with Crippen molar-refractivity contribution < 1.29 is 38.1 Å². The number of benzene rings is 2. The highest BCUT2D eigenvalue weighted by Crippen LogP contribution is 2.41. The van der Waals surface area contributed by atoms with Crippen LogP contribution >= 0.6 is 0 Å². The number of nitrogens with one attached hydrogen (secondary N) is 2. The Balaban J connectivity index is 0.000000179. The van der Waals surface area contributed by atoms with Gasteiger partial charge in [-0.05, 0) is 123 Å². The first-order valence-electron chi connectivity index (χ1n) is 20.2. The fraction of sp³-hybridized carbons (Fsp3) is 0.571. The van der Waals surface area contributed by atoms with Crippen LogP contribution in [0.5, 0.6) is 11.5 Å². The minimum atomic E-state index is -0.500. The molecule has 8 rings (SSSR count). The lowest BCUT2D eigenvalue weighted by Crippen LogP contribution is -2.61. The molecule has 0 saturated carbocycles. The van der Waals surface area contributed by atoms with E-state index in [0.717, 1.165) is 46.1 Å². The summed E-state index contributed by atoms with van der Waals surface area (Å²) in [5.74, 6) is 3.03. The van der Waals surface area contributed by atoms with Gasteiger partial charge in [0.05, 0.1) is 17.4 Å². The fourth-order valence-electron chi connectivity index (χ4n) is 7.84. The Bertz CT molecular complexity index is 2100. The van der Waals surface area contributed by atoms with Crippen molar-refractivity contribution >= 4 is 52.7 Å². The number of amidine groups is 2. The Labute approximate surface area is 345 Å². The molecule has 59 heavy (non-hydrogen) atoms. The summed E-state index contributed by atoms with van der Waals surface area (Å²) in [7, 11) is 2.02. The molecular weight excluding hydrogens is 759 g/mol. The Kier molecular flexibility index (Phi) is 10.9. The number of carbonyl (C=O) groups excluding carboxylic acids is 4. The van der Waals surface area contributed by atoms with Crippen molar-refractivity contribution in [1.82, 2.24) is 20.7 Å². The molecule has 6 aliphatic rings. The lowest BCUT2D eigenvalue weighted by Gasteiger charge is -2.45. The predicted molar refractivity (Wildman–Crippen MR) is 223 cm³/mol. The zero-order valence-electron chi connectivity index (χ0n) is 36.0. The topological polar surface area (TPSA) is 170 Å². The van der Waals surface area contributed by atoms with Gasteiger partial charge in [0.25, 0.3) is 11.8 Å². The van der Waals surface area contributed by atoms with Crippen LogP contribution in [0, 0.1) is 19.8 Å². The van der Waals surface area contributed by atoms with E-state index in [1.54, 1.807) is 9.80 Å². The summed E-state index contributed by atoms with van der Waals surface area (Å²) in [6, 6.07) is 7.66. The number of likely N-dealkylation sites (tertiary alicyclic amines) is 2. The number of hydrogen-bond donors (Lipinski definition) is 2. The molecular formula is C42H57N9O8. The van der Waals surface area contributed by atoms with Crippen molar-refractivity contribution in [3.63, 3.8) is 0 Å². The zero-order valence-corrected chi connectivity index (χ0v) is 36.0. The van der Waals surface area contributed by atoms with E-state index in [4.69, 9.17) is 18.9 Å². The summed E-state index contributed by atoms with van der Waals surface area (Å²) in [6.07, 6.45) is 0.328. The van der Waals surface area contributed by atoms with Crippen molar-refractivity contribution in [2.24, 2.45) is 16.1 Å². The summed E-state index contributed by atoms with van der Waals surface area (Å²) >= 11 is 0. The van der Waals surface area contributed by atoms with Gasteiger partial charge in [0.15, 0.2) is 11.7 Å². The van der Waals surface area contributed by atoms with E-state index in [1.807, 2.05) is 97.4 Å². The van der Waals surface area contributed by atoms with Crippen LogP contribution in [0.4, 0.5) is 26.7 Å². The molecule has 6 heterocycles. The molecule has 2 aromatic carbocycles. The first-order chi connectivity index (χ1) is 27.7. The molecule has 0 radical (unpaired) electrons. The average molecular weight is 816 g/mol. The largest absolute Gasteiger partial charge is 0.483 e. The number of rotatable bonds is 4. The van der Waals surface area contributed by atoms with Crippen LogP contribution in [0.3, 0.4) is 0 Å². The molecule has 17 nitrogen and oxygen atoms in total. The fourth-order valence-corrected chi connectivity index (χ4v) is 7.84. The standard InChI is InChI=1S/C21H29N5O4.C21H28N4O4/c1-12-7-17-16(26-13(2)19(27)23-22-18(26)11-29-17)8-15(12)24(6)14-9-25(10-14)20(28)30-21(3,4)5;1-12-6-17-16(25-13(2)19(26)23-22-18(25)11-28-17)8-15(12)7-14-9-24(10-14)20(27)29-21(3,4)5/h7-8,13-14H,9-11H2,1-6H3,(H,23,27);6,8,13-14H,7,9-11H2,1-5H3,(H,23,26). The van der Waals surface area contributed by atoms with Crippen molar-refractivity contribution in [3.8, 4) is 11.5 Å². The van der Waals surface area contributed by atoms with E-state index in [-0.39, 0.29) is 42.1 Å². The van der Waals surface area contributed by atoms with Gasteiger partial charge in [-0.25, -0.2) is 20.4 Å². The summed E-state index contributed by atoms with van der Waals surface area (Å²) < 4.78 is 22.6. The van der Waals surface area contributed by atoms with Crippen LogP contribution in [-0.2, 0) is 25.5 Å². The van der Waals surface area contributed by atoms with E-state index in [0.29, 0.717) is 57.0 Å². The molecule has 2 aromatic rings. The molecule has 0 bridgehead atoms. The van der Waals surface area contributed by atoms with Gasteiger partial charge in [-0.1, -0.05) is 0 Å². The van der Waals surface area contributed by atoms with Crippen molar-refractivity contribution in [1.29, 1.82) is 0 Å². The molecule has 0 aromatic heterocycles. The number of aryl methyl sites for hydroxylation is 2. The minimum absolute atomic E-state index is 0.129. The second kappa shape index (κ2) is 15.5. The first kappa shape index (κ1) is 41.4. The van der Waals surface area contributed by atoms with E-state index in [2.05, 4.69) is 38.9 Å². The van der Waals surface area contributed by atoms with Crippen LogP contribution in [0.1, 0.15) is 72.1 Å². The molecule has 6 aliphatic heterocycles. The van der Waals surface area contributed by atoms with E-state index in [9.17, 15) is 19.2 Å². The van der Waals surface area contributed by atoms with E-state index >= 15 is 0 Å². The highest BCUT2D eigenvalue weighted by molar-refractivity contribution is 6.10. The first-order valence-corrected chi connectivity index (χ1v) is 20.2. The smallest absolute Gasteiger partial charge is 0.410 e. The van der Waals surface area contributed by atoms with Gasteiger partial charge in [0.2, 0.25) is 0 Å². The van der Waals surface area contributed by atoms with Gasteiger partial charge in [-0.2, -0.15) is 10.2 Å². The second-order valence-electron chi connectivity index (χ2n) is 18.1. The van der Waals surface area contributed by atoms with Crippen molar-refractivity contribution in [3.05, 3.63) is 41.0 Å². The van der Waals surface area contributed by atoms with Gasteiger partial charge in [0, 0.05) is 38.9 Å². The molecule has 2 saturated heterocycles. The molecule has 17 heteroatoms. The Hall–Kier alpha value is -5.74. The minimum Gasteiger partial charge on any atom is -0.483 e. The summed E-state index contributed by atoms with van der Waals surface area (Å²) in [5.41, 5.74) is 10.3. The van der Waals surface area contributed by atoms with Crippen LogP contribution in [0.2, 0.25) is 0 Å². The third kappa shape index (κ3) is 8.55. The lowest BCUT2D eigenvalue weighted by molar-refractivity contribution is -0.123. The SMILES string of the molecule is Cc1cc2c(cc1CC1CN(C(=O)OC(C)(C)C)C1)N1C(=NNC(=O)C1C)CO2.Cc1cc2c(cc1N(C)C1CN(C(=O)OC(C)(C)C)C1)N1C(=NNC(=O)C1C)CO2. The Morgan fingerprint density at radius 2 is 1.20 bits per heavy atom. The number of likely N-dealkylation sites (N-methyl/N-ethyl adjacent to an activating group) is 1. The number of nitrogens with zero attached hydrogens (tertiary/aromatic N) is 7. The Morgan fingerprint density at radius 3 is 1.69 bits per heavy atom. The Morgan fingerprint density at radius 1 is 0.746 bits per heavy atom. The van der Waals surface area contributed by atoms with Crippen LogP contribution < -0.4 is 35.0 Å². The third-order valence-corrected chi connectivity index (χ3v) is 11.2. The monoisotopic (exact) mass is 815 g/mol. The van der Waals surface area contributed by atoms with E-state index < -0.39 is 11.2 Å². The molecule has 2 fully saturated rings. The van der Waals surface area contributed by atoms with Gasteiger partial charge >= 0.3 is 12.2 Å². The number of ether oxygens (including phenoxy) is 4. The molecule has 4 amide bonds. The molecule has 318 valence electrons. The lowest BCUT2D eigenvalue weighted by atomic mass is 9.89. The summed E-state index contributed by atoms with van der Waals surface area (Å²) in [4.78, 5) is 58.2. The molecule has 2 unspecified atom stereocenters. The quantitative estimate of drug-likeness (QED) is 0.445. The number of carbonyl (C=O) groups is 4. The molecule has 2 atom stereocenters. The molecule has 0 spiro atoms. The maximum absolute atomic E-state index is 12.2. The summed E-state index contributed by atoms with van der Waals surface area (Å²) in [6.45, 7) is 22.3. The second-order valence-corrected chi connectivity index (χ2v) is 18.1. The van der Waals surface area contributed by atoms with Crippen molar-refractivity contribution in [2.75, 3.05) is 61.1 Å². The van der Waals surface area contributed by atoms with E-state index in [1.165, 1.54) is 5.56 Å². The third-order valence-electron chi connectivity index (χ3n) is 11.2. The average Bonchev–Trinajstić information content (AvgIpc) is 3.10. The number of fused-ring (bicyclic) bond motifs is 6. The number of amides is 4. The van der Waals surface area contributed by atoms with Crippen LogP contribution in [-0.4, -0.2) is 121 Å². The molecule has 2 N–H and O–H groups in total. The normalized spacial score (nSPS) is 21.1. The summed E-state index contributed by atoms with van der Waals surface area (Å²) in [5, 5.41) is 8.29.